The maximum Gasteiger partial charge on any atom is 0.231 e. The van der Waals surface area contributed by atoms with E-state index in [-0.39, 0.29) is 11.3 Å². The summed E-state index contributed by atoms with van der Waals surface area (Å²) in [5, 5.41) is 3.02. The Morgan fingerprint density at radius 1 is 1.37 bits per heavy atom. The molecule has 4 heteroatoms. The molecule has 0 atom stereocenters. The lowest BCUT2D eigenvalue weighted by atomic mass is 10.0. The van der Waals surface area contributed by atoms with E-state index in [1.807, 2.05) is 26.8 Å². The average molecular weight is 262 g/mol. The fourth-order valence-corrected chi connectivity index (χ4v) is 2.43. The summed E-state index contributed by atoms with van der Waals surface area (Å²) in [5.74, 6) is 0.928. The van der Waals surface area contributed by atoms with Crippen LogP contribution in [0.3, 0.4) is 0 Å². The Morgan fingerprint density at radius 3 is 2.47 bits per heavy atom. The van der Waals surface area contributed by atoms with Gasteiger partial charge >= 0.3 is 0 Å². The number of anilines is 1. The number of ether oxygens (including phenoxy) is 1. The first kappa shape index (κ1) is 13.9. The molecule has 1 aliphatic carbocycles. The van der Waals surface area contributed by atoms with E-state index >= 15 is 0 Å². The van der Waals surface area contributed by atoms with Crippen molar-refractivity contribution in [1.82, 2.24) is 0 Å². The zero-order valence-electron chi connectivity index (χ0n) is 12.1. The van der Waals surface area contributed by atoms with Crippen LogP contribution in [0.5, 0.6) is 5.75 Å². The summed E-state index contributed by atoms with van der Waals surface area (Å²) in [6.07, 6.45) is 1.78. The molecule has 0 aromatic heterocycles. The van der Waals surface area contributed by atoms with Crippen molar-refractivity contribution in [3.63, 3.8) is 0 Å². The molecule has 104 valence electrons. The van der Waals surface area contributed by atoms with Crippen LogP contribution in [0, 0.1) is 26.2 Å². The van der Waals surface area contributed by atoms with Crippen molar-refractivity contribution in [2.45, 2.75) is 33.6 Å². The number of nitrogens with one attached hydrogen (secondary N) is 1. The van der Waals surface area contributed by atoms with Gasteiger partial charge in [-0.1, -0.05) is 0 Å². The van der Waals surface area contributed by atoms with Crippen molar-refractivity contribution in [2.24, 2.45) is 11.1 Å². The van der Waals surface area contributed by atoms with Crippen LogP contribution in [-0.2, 0) is 4.79 Å². The molecule has 0 unspecified atom stereocenters. The summed E-state index contributed by atoms with van der Waals surface area (Å²) in [7, 11) is 1.67. The predicted octanol–water partition coefficient (Wildman–Crippen LogP) is 2.30. The molecule has 19 heavy (non-hydrogen) atoms. The Labute approximate surface area is 114 Å². The molecular weight excluding hydrogens is 240 g/mol. The van der Waals surface area contributed by atoms with Gasteiger partial charge in [0.25, 0.3) is 0 Å². The Bertz CT molecular complexity index is 519. The maximum atomic E-state index is 12.2. The molecule has 0 spiro atoms. The summed E-state index contributed by atoms with van der Waals surface area (Å²) < 4.78 is 5.38. The summed E-state index contributed by atoms with van der Waals surface area (Å²) in [5.41, 5.74) is 9.36. The van der Waals surface area contributed by atoms with Gasteiger partial charge in [0, 0.05) is 12.2 Å². The van der Waals surface area contributed by atoms with Crippen molar-refractivity contribution in [3.8, 4) is 5.75 Å². The molecule has 4 nitrogen and oxygen atoms in total. The van der Waals surface area contributed by atoms with Crippen LogP contribution >= 0.6 is 0 Å². The number of rotatable bonds is 4. The van der Waals surface area contributed by atoms with Crippen molar-refractivity contribution >= 4 is 11.6 Å². The summed E-state index contributed by atoms with van der Waals surface area (Å²) >= 11 is 0. The van der Waals surface area contributed by atoms with Gasteiger partial charge in [0.15, 0.2) is 0 Å². The highest BCUT2D eigenvalue weighted by molar-refractivity contribution is 5.98. The van der Waals surface area contributed by atoms with E-state index in [4.69, 9.17) is 10.5 Å². The lowest BCUT2D eigenvalue weighted by Crippen LogP contribution is -2.31. The molecule has 0 bridgehead atoms. The van der Waals surface area contributed by atoms with Crippen molar-refractivity contribution in [2.75, 3.05) is 19.0 Å². The molecule has 1 saturated carbocycles. The van der Waals surface area contributed by atoms with E-state index in [9.17, 15) is 4.79 Å². The zero-order valence-corrected chi connectivity index (χ0v) is 12.1. The van der Waals surface area contributed by atoms with E-state index in [0.29, 0.717) is 6.54 Å². The second kappa shape index (κ2) is 4.85. The van der Waals surface area contributed by atoms with Crippen LogP contribution in [0.2, 0.25) is 0 Å². The Hall–Kier alpha value is -1.55. The van der Waals surface area contributed by atoms with E-state index in [2.05, 4.69) is 5.32 Å². The Balaban J connectivity index is 2.29. The van der Waals surface area contributed by atoms with E-state index in [1.165, 1.54) is 0 Å². The van der Waals surface area contributed by atoms with Gasteiger partial charge in [-0.2, -0.15) is 0 Å². The quantitative estimate of drug-likeness (QED) is 0.875. The lowest BCUT2D eigenvalue weighted by Gasteiger charge is -2.18. The van der Waals surface area contributed by atoms with Crippen LogP contribution in [-0.4, -0.2) is 19.6 Å². The number of aryl methyl sites for hydroxylation is 1. The van der Waals surface area contributed by atoms with Gasteiger partial charge in [0.2, 0.25) is 5.91 Å². The first-order chi connectivity index (χ1) is 8.95. The number of carbonyl (C=O) groups is 1. The third kappa shape index (κ3) is 2.32. The number of hydrogen-bond donors (Lipinski definition) is 2. The minimum Gasteiger partial charge on any atom is -0.496 e. The molecule has 0 aliphatic heterocycles. The monoisotopic (exact) mass is 262 g/mol. The number of carbonyl (C=O) groups excluding carboxylic acids is 1. The summed E-state index contributed by atoms with van der Waals surface area (Å²) in [6.45, 7) is 6.41. The zero-order chi connectivity index (χ0) is 14.2. The molecule has 1 fully saturated rings. The molecule has 1 aliphatic rings. The van der Waals surface area contributed by atoms with Crippen LogP contribution in [0.25, 0.3) is 0 Å². The van der Waals surface area contributed by atoms with Gasteiger partial charge in [0.1, 0.15) is 5.75 Å². The minimum absolute atomic E-state index is 0.0436. The summed E-state index contributed by atoms with van der Waals surface area (Å²) in [4.78, 5) is 12.2. The number of benzene rings is 1. The van der Waals surface area contributed by atoms with Gasteiger partial charge in [-0.15, -0.1) is 0 Å². The highest BCUT2D eigenvalue weighted by Gasteiger charge is 2.48. The molecule has 1 aromatic carbocycles. The number of nitrogens with two attached hydrogens (primary N) is 1. The van der Waals surface area contributed by atoms with Gasteiger partial charge in [0.05, 0.1) is 12.5 Å². The summed E-state index contributed by atoms with van der Waals surface area (Å²) in [6, 6.07) is 1.96. The largest absolute Gasteiger partial charge is 0.496 e. The molecule has 1 aromatic rings. The average Bonchev–Trinajstić information content (AvgIpc) is 3.17. The van der Waals surface area contributed by atoms with Crippen LogP contribution in [0.15, 0.2) is 6.07 Å². The highest BCUT2D eigenvalue weighted by Crippen LogP contribution is 2.45. The number of hydrogen-bond acceptors (Lipinski definition) is 3. The fourth-order valence-electron chi connectivity index (χ4n) is 2.43. The Morgan fingerprint density at radius 2 is 2.00 bits per heavy atom. The van der Waals surface area contributed by atoms with Gasteiger partial charge in [-0.3, -0.25) is 4.79 Å². The van der Waals surface area contributed by atoms with Crippen molar-refractivity contribution < 1.29 is 9.53 Å². The van der Waals surface area contributed by atoms with Crippen molar-refractivity contribution in [3.05, 3.63) is 22.8 Å². The van der Waals surface area contributed by atoms with Crippen LogP contribution < -0.4 is 15.8 Å². The molecule has 0 heterocycles. The molecule has 0 saturated heterocycles. The van der Waals surface area contributed by atoms with Gasteiger partial charge in [-0.25, -0.2) is 0 Å². The third-order valence-corrected chi connectivity index (χ3v) is 4.20. The van der Waals surface area contributed by atoms with E-state index < -0.39 is 0 Å². The fraction of sp³-hybridized carbons (Fsp3) is 0.533. The van der Waals surface area contributed by atoms with Gasteiger partial charge in [-0.05, 0) is 56.4 Å². The number of methoxy groups -OCH3 is 1. The van der Waals surface area contributed by atoms with E-state index in [1.54, 1.807) is 7.11 Å². The van der Waals surface area contributed by atoms with Crippen LogP contribution in [0.1, 0.15) is 29.5 Å². The second-order valence-electron chi connectivity index (χ2n) is 5.46. The Kier molecular flexibility index (Phi) is 3.54. The molecule has 0 radical (unpaired) electrons. The smallest absolute Gasteiger partial charge is 0.231 e. The molecule has 2 rings (SSSR count). The standard InChI is InChI=1S/C15H22N2O2/c1-9-7-12(10(2)11(3)13(9)19-4)17-14(18)15(8-16)5-6-15/h7H,5-6,8,16H2,1-4H3,(H,17,18). The topological polar surface area (TPSA) is 64.3 Å². The maximum absolute atomic E-state index is 12.2. The molecule has 1 amide bonds. The molecule has 3 N–H and O–H groups in total. The van der Waals surface area contributed by atoms with Crippen LogP contribution in [0.4, 0.5) is 5.69 Å². The minimum atomic E-state index is -0.325. The highest BCUT2D eigenvalue weighted by atomic mass is 16.5. The first-order valence-corrected chi connectivity index (χ1v) is 6.61. The van der Waals surface area contributed by atoms with Gasteiger partial charge < -0.3 is 15.8 Å². The normalized spacial score (nSPS) is 16.1. The lowest BCUT2D eigenvalue weighted by molar-refractivity contribution is -0.120. The first-order valence-electron chi connectivity index (χ1n) is 6.61. The second-order valence-corrected chi connectivity index (χ2v) is 5.46. The SMILES string of the molecule is COc1c(C)cc(NC(=O)C2(CN)CC2)c(C)c1C. The predicted molar refractivity (Wildman–Crippen MR) is 76.6 cm³/mol. The third-order valence-electron chi connectivity index (χ3n) is 4.20. The number of amides is 1. The van der Waals surface area contributed by atoms with Crippen molar-refractivity contribution in [1.29, 1.82) is 0 Å². The van der Waals surface area contributed by atoms with E-state index in [0.717, 1.165) is 41.0 Å². The molecular formula is C15H22N2O2.